The number of hydrogen-bond donors (Lipinski definition) is 1. The zero-order chi connectivity index (χ0) is 25.1. The Bertz CT molecular complexity index is 1360. The Labute approximate surface area is 214 Å². The van der Waals surface area contributed by atoms with Gasteiger partial charge in [-0.3, -0.25) is 4.79 Å². The number of benzene rings is 3. The number of hydrogen-bond acceptors (Lipinski definition) is 7. The van der Waals surface area contributed by atoms with Gasteiger partial charge in [-0.05, 0) is 67.2 Å². The van der Waals surface area contributed by atoms with E-state index in [0.717, 1.165) is 11.1 Å². The molecule has 3 aromatic carbocycles. The highest BCUT2D eigenvalue weighted by Gasteiger charge is 2.33. The molecule has 0 aromatic heterocycles. The summed E-state index contributed by atoms with van der Waals surface area (Å²) in [6, 6.07) is 18.3. The van der Waals surface area contributed by atoms with E-state index in [2.05, 4.69) is 5.32 Å². The van der Waals surface area contributed by atoms with Crippen molar-refractivity contribution in [3.63, 3.8) is 0 Å². The van der Waals surface area contributed by atoms with Gasteiger partial charge in [0, 0.05) is 11.6 Å². The van der Waals surface area contributed by atoms with Crippen LogP contribution in [0.25, 0.3) is 6.08 Å². The van der Waals surface area contributed by atoms with Crippen molar-refractivity contribution in [3.8, 4) is 28.7 Å². The van der Waals surface area contributed by atoms with Crippen molar-refractivity contribution in [2.24, 2.45) is 0 Å². The lowest BCUT2D eigenvalue weighted by Gasteiger charge is -2.18. The number of anilines is 1. The van der Waals surface area contributed by atoms with E-state index in [9.17, 15) is 4.79 Å². The minimum Gasteiger partial charge on any atom is -0.496 e. The molecule has 5 rings (SSSR count). The minimum atomic E-state index is -0.263. The topological polar surface area (TPSA) is 78.5 Å². The van der Waals surface area contributed by atoms with E-state index in [1.165, 1.54) is 4.90 Å². The van der Waals surface area contributed by atoms with Crippen molar-refractivity contribution in [1.29, 1.82) is 0 Å². The number of nitrogens with one attached hydrogen (secondary N) is 1. The Hall–Kier alpha value is -4.24. The van der Waals surface area contributed by atoms with Gasteiger partial charge in [0.1, 0.15) is 29.6 Å². The molecule has 36 heavy (non-hydrogen) atoms. The van der Waals surface area contributed by atoms with Crippen LogP contribution in [0.5, 0.6) is 28.7 Å². The molecule has 0 saturated carbocycles. The Morgan fingerprint density at radius 1 is 1.03 bits per heavy atom. The van der Waals surface area contributed by atoms with Crippen molar-refractivity contribution in [3.05, 3.63) is 77.5 Å². The van der Waals surface area contributed by atoms with Crippen LogP contribution in [-0.2, 0) is 11.4 Å². The number of rotatable bonds is 8. The summed E-state index contributed by atoms with van der Waals surface area (Å²) in [5.74, 6) is 2.98. The number of thiocarbonyl (C=S) groups is 1. The fourth-order valence-electron chi connectivity index (χ4n) is 3.97. The van der Waals surface area contributed by atoms with Crippen LogP contribution in [0.3, 0.4) is 0 Å². The summed E-state index contributed by atoms with van der Waals surface area (Å²) in [7, 11) is 1.60. The van der Waals surface area contributed by atoms with E-state index in [-0.39, 0.29) is 19.3 Å². The molecule has 2 heterocycles. The first kappa shape index (κ1) is 23.5. The average Bonchev–Trinajstić information content (AvgIpc) is 3.46. The maximum Gasteiger partial charge on any atom is 0.281 e. The van der Waals surface area contributed by atoms with E-state index in [1.807, 2.05) is 55.5 Å². The lowest BCUT2D eigenvalue weighted by molar-refractivity contribution is -0.113. The number of ether oxygens (including phenoxy) is 5. The molecule has 1 saturated heterocycles. The van der Waals surface area contributed by atoms with Crippen molar-refractivity contribution in [2.45, 2.75) is 13.5 Å². The molecular formula is C27H24N2O6S. The number of amides is 1. The Morgan fingerprint density at radius 3 is 2.69 bits per heavy atom. The van der Waals surface area contributed by atoms with Crippen LogP contribution >= 0.6 is 12.2 Å². The van der Waals surface area contributed by atoms with Crippen LogP contribution in [0, 0.1) is 0 Å². The molecule has 1 fully saturated rings. The number of fused-ring (bicyclic) bond motifs is 1. The second-order valence-corrected chi connectivity index (χ2v) is 8.29. The molecule has 0 unspecified atom stereocenters. The number of methoxy groups -OCH3 is 1. The summed E-state index contributed by atoms with van der Waals surface area (Å²) < 4.78 is 27.9. The minimum absolute atomic E-state index is 0.203. The summed E-state index contributed by atoms with van der Waals surface area (Å²) in [6.45, 7) is 2.83. The van der Waals surface area contributed by atoms with Crippen LogP contribution in [0.4, 0.5) is 5.69 Å². The van der Waals surface area contributed by atoms with Gasteiger partial charge < -0.3 is 29.0 Å². The highest BCUT2D eigenvalue weighted by Crippen LogP contribution is 2.36. The molecule has 1 N–H and O–H groups in total. The Balaban J connectivity index is 1.37. The van der Waals surface area contributed by atoms with Gasteiger partial charge in [0.25, 0.3) is 5.91 Å². The van der Waals surface area contributed by atoms with Crippen molar-refractivity contribution < 1.29 is 28.5 Å². The monoisotopic (exact) mass is 504 g/mol. The number of carbonyl (C=O) groups is 1. The molecule has 1 amide bonds. The van der Waals surface area contributed by atoms with Crippen LogP contribution in [0.1, 0.15) is 18.1 Å². The second-order valence-electron chi connectivity index (χ2n) is 7.90. The maximum absolute atomic E-state index is 13.3. The first-order valence-corrected chi connectivity index (χ1v) is 11.8. The third kappa shape index (κ3) is 4.65. The van der Waals surface area contributed by atoms with Crippen LogP contribution in [0.2, 0.25) is 0 Å². The van der Waals surface area contributed by atoms with E-state index in [1.54, 1.807) is 25.3 Å². The highest BCUT2D eigenvalue weighted by molar-refractivity contribution is 7.80. The highest BCUT2D eigenvalue weighted by atomic mass is 32.1. The molecule has 2 aliphatic heterocycles. The summed E-state index contributed by atoms with van der Waals surface area (Å²) in [5, 5.41) is 3.32. The predicted molar refractivity (Wildman–Crippen MR) is 139 cm³/mol. The third-order valence-electron chi connectivity index (χ3n) is 5.64. The van der Waals surface area contributed by atoms with Gasteiger partial charge in [-0.15, -0.1) is 0 Å². The molecule has 3 aromatic rings. The largest absolute Gasteiger partial charge is 0.496 e. The van der Waals surface area contributed by atoms with E-state index in [4.69, 9.17) is 35.9 Å². The molecule has 0 radical (unpaired) electrons. The zero-order valence-electron chi connectivity index (χ0n) is 19.8. The molecule has 0 atom stereocenters. The second kappa shape index (κ2) is 10.2. The number of nitrogens with zero attached hydrogens (tertiary/aromatic N) is 1. The van der Waals surface area contributed by atoms with Gasteiger partial charge in [-0.1, -0.05) is 18.2 Å². The van der Waals surface area contributed by atoms with Gasteiger partial charge in [-0.25, -0.2) is 4.90 Å². The van der Waals surface area contributed by atoms with Gasteiger partial charge in [0.15, 0.2) is 16.6 Å². The summed E-state index contributed by atoms with van der Waals surface area (Å²) in [5.41, 5.74) is 2.56. The van der Waals surface area contributed by atoms with Crippen LogP contribution in [-0.4, -0.2) is 31.5 Å². The summed E-state index contributed by atoms with van der Waals surface area (Å²) in [4.78, 5) is 14.7. The van der Waals surface area contributed by atoms with Crippen molar-refractivity contribution in [2.75, 3.05) is 25.4 Å². The first-order chi connectivity index (χ1) is 17.6. The molecule has 184 valence electrons. The van der Waals surface area contributed by atoms with E-state index >= 15 is 0 Å². The maximum atomic E-state index is 13.3. The molecule has 2 aliphatic rings. The normalized spacial score (nSPS) is 15.3. The van der Waals surface area contributed by atoms with Gasteiger partial charge in [-0.2, -0.15) is 0 Å². The summed E-state index contributed by atoms with van der Waals surface area (Å²) >= 11 is 5.47. The molecule has 8 nitrogen and oxygen atoms in total. The zero-order valence-corrected chi connectivity index (χ0v) is 20.6. The number of para-hydroxylation sites is 2. The molecule has 0 aliphatic carbocycles. The molecule has 0 bridgehead atoms. The first-order valence-electron chi connectivity index (χ1n) is 11.4. The fraction of sp³-hybridized carbons (Fsp3) is 0.185. The molecule has 0 spiro atoms. The Morgan fingerprint density at radius 2 is 1.86 bits per heavy atom. The van der Waals surface area contributed by atoms with Gasteiger partial charge >= 0.3 is 0 Å². The Kier molecular flexibility index (Phi) is 6.64. The SMILES string of the molecule is CCOc1ccccc1N1C(=O)/C(=C\c2ccc(OC)c(COc3ccc4c(c3)OCO4)c2)NC1=S. The number of carbonyl (C=O) groups excluding carboxylic acids is 1. The third-order valence-corrected chi connectivity index (χ3v) is 5.92. The summed E-state index contributed by atoms with van der Waals surface area (Å²) in [6.07, 6.45) is 1.75. The van der Waals surface area contributed by atoms with Gasteiger partial charge in [0.05, 0.1) is 19.4 Å². The average molecular weight is 505 g/mol. The lowest BCUT2D eigenvalue weighted by Crippen LogP contribution is -2.30. The van der Waals surface area contributed by atoms with Crippen LogP contribution in [0.15, 0.2) is 66.4 Å². The smallest absolute Gasteiger partial charge is 0.281 e. The van der Waals surface area contributed by atoms with E-state index in [0.29, 0.717) is 51.9 Å². The fourth-order valence-corrected chi connectivity index (χ4v) is 4.26. The lowest BCUT2D eigenvalue weighted by atomic mass is 10.1. The molecular weight excluding hydrogens is 480 g/mol. The predicted octanol–water partition coefficient (Wildman–Crippen LogP) is 4.66. The van der Waals surface area contributed by atoms with Gasteiger partial charge in [0.2, 0.25) is 6.79 Å². The van der Waals surface area contributed by atoms with Crippen LogP contribution < -0.4 is 33.9 Å². The standard InChI is InChI=1S/C27H24N2O6S/c1-3-32-23-7-5-4-6-21(23)29-26(30)20(28-27(29)36)13-17-8-10-22(31-2)18(12-17)15-33-19-9-11-24-25(14-19)35-16-34-24/h4-14H,3,15-16H2,1-2H3,(H,28,36)/b20-13+. The quantitative estimate of drug-likeness (QED) is 0.351. The van der Waals surface area contributed by atoms with E-state index < -0.39 is 0 Å². The van der Waals surface area contributed by atoms with Crippen molar-refractivity contribution >= 4 is 35.0 Å². The van der Waals surface area contributed by atoms with Crippen molar-refractivity contribution in [1.82, 2.24) is 5.32 Å². The molecule has 9 heteroatoms.